The number of nitrogen functional groups attached to an aromatic ring is 1. The quantitative estimate of drug-likeness (QED) is 0.827. The molecule has 2 rings (SSSR count). The first kappa shape index (κ1) is 13.8. The average molecular weight is 298 g/mol. The lowest BCUT2D eigenvalue weighted by molar-refractivity contribution is 0.339. The number of hydrogen-bond acceptors (Lipinski definition) is 3. The second-order valence-electron chi connectivity index (χ2n) is 3.82. The Morgan fingerprint density at radius 2 is 1.53 bits per heavy atom. The minimum atomic E-state index is 0.374. The summed E-state index contributed by atoms with van der Waals surface area (Å²) in [6.45, 7) is 2.55. The summed E-state index contributed by atoms with van der Waals surface area (Å²) in [5, 5.41) is 0.748. The summed E-state index contributed by atoms with van der Waals surface area (Å²) in [5.41, 5.74) is 6.13. The molecule has 3 nitrogen and oxygen atoms in total. The molecule has 5 heteroatoms. The third kappa shape index (κ3) is 3.46. The van der Waals surface area contributed by atoms with E-state index in [1.165, 1.54) is 0 Å². The first-order valence-corrected chi connectivity index (χ1v) is 6.51. The summed E-state index contributed by atoms with van der Waals surface area (Å²) in [4.78, 5) is 0. The zero-order valence-corrected chi connectivity index (χ0v) is 11.8. The molecule has 0 amide bonds. The van der Waals surface area contributed by atoms with Crippen LogP contribution in [0.4, 0.5) is 5.69 Å². The van der Waals surface area contributed by atoms with E-state index in [4.69, 9.17) is 38.4 Å². The van der Waals surface area contributed by atoms with Crippen LogP contribution in [0.2, 0.25) is 10.0 Å². The molecule has 0 aliphatic carbocycles. The SMILES string of the molecule is CCOc1ccc(Oc2c(Cl)cc(N)cc2Cl)cc1. The highest BCUT2D eigenvalue weighted by atomic mass is 35.5. The molecule has 100 valence electrons. The maximum Gasteiger partial charge on any atom is 0.164 e. The molecule has 0 bridgehead atoms. The zero-order chi connectivity index (χ0) is 13.8. The molecule has 0 fully saturated rings. The summed E-state index contributed by atoms with van der Waals surface area (Å²) >= 11 is 12.1. The van der Waals surface area contributed by atoms with Crippen molar-refractivity contribution < 1.29 is 9.47 Å². The van der Waals surface area contributed by atoms with E-state index in [1.807, 2.05) is 19.1 Å². The first-order chi connectivity index (χ1) is 9.10. The molecule has 0 aromatic heterocycles. The summed E-state index contributed by atoms with van der Waals surface area (Å²) in [6.07, 6.45) is 0. The predicted molar refractivity (Wildman–Crippen MR) is 78.6 cm³/mol. The number of rotatable bonds is 4. The summed E-state index contributed by atoms with van der Waals surface area (Å²) < 4.78 is 11.0. The molecular formula is C14H13Cl2NO2. The maximum absolute atomic E-state index is 6.05. The molecule has 2 aromatic carbocycles. The molecule has 0 aliphatic heterocycles. The largest absolute Gasteiger partial charge is 0.494 e. The molecule has 19 heavy (non-hydrogen) atoms. The van der Waals surface area contributed by atoms with Gasteiger partial charge in [-0.05, 0) is 43.3 Å². The van der Waals surface area contributed by atoms with Gasteiger partial charge in [0.25, 0.3) is 0 Å². The second kappa shape index (κ2) is 6.04. The van der Waals surface area contributed by atoms with Crippen molar-refractivity contribution in [2.75, 3.05) is 12.3 Å². The van der Waals surface area contributed by atoms with Gasteiger partial charge in [-0.2, -0.15) is 0 Å². The Hall–Kier alpha value is -1.58. The normalized spacial score (nSPS) is 10.3. The van der Waals surface area contributed by atoms with Crippen molar-refractivity contribution in [3.8, 4) is 17.2 Å². The summed E-state index contributed by atoms with van der Waals surface area (Å²) in [5.74, 6) is 1.79. The van der Waals surface area contributed by atoms with Gasteiger partial charge in [-0.25, -0.2) is 0 Å². The fourth-order valence-corrected chi connectivity index (χ4v) is 2.15. The van der Waals surface area contributed by atoms with Crippen molar-refractivity contribution in [3.05, 3.63) is 46.4 Å². The van der Waals surface area contributed by atoms with E-state index in [-0.39, 0.29) is 0 Å². The molecule has 0 saturated heterocycles. The van der Waals surface area contributed by atoms with Crippen molar-refractivity contribution in [2.24, 2.45) is 0 Å². The van der Waals surface area contributed by atoms with Crippen LogP contribution in [-0.2, 0) is 0 Å². The van der Waals surface area contributed by atoms with Gasteiger partial charge in [-0.3, -0.25) is 0 Å². The van der Waals surface area contributed by atoms with E-state index in [0.717, 1.165) is 5.75 Å². The Balaban J connectivity index is 2.21. The van der Waals surface area contributed by atoms with E-state index >= 15 is 0 Å². The molecule has 0 radical (unpaired) electrons. The molecular weight excluding hydrogens is 285 g/mol. The van der Waals surface area contributed by atoms with E-state index in [0.29, 0.717) is 33.8 Å². The van der Waals surface area contributed by atoms with Gasteiger partial charge in [0, 0.05) is 5.69 Å². The van der Waals surface area contributed by atoms with Crippen LogP contribution in [0.1, 0.15) is 6.92 Å². The highest BCUT2D eigenvalue weighted by molar-refractivity contribution is 6.37. The smallest absolute Gasteiger partial charge is 0.164 e. The van der Waals surface area contributed by atoms with Crippen molar-refractivity contribution in [2.45, 2.75) is 6.92 Å². The van der Waals surface area contributed by atoms with Crippen LogP contribution in [-0.4, -0.2) is 6.61 Å². The third-order valence-electron chi connectivity index (χ3n) is 2.38. The molecule has 0 spiro atoms. The van der Waals surface area contributed by atoms with E-state index in [9.17, 15) is 0 Å². The number of benzene rings is 2. The average Bonchev–Trinajstić information content (AvgIpc) is 2.36. The second-order valence-corrected chi connectivity index (χ2v) is 4.63. The number of nitrogens with two attached hydrogens (primary N) is 1. The van der Waals surface area contributed by atoms with Gasteiger partial charge in [0.2, 0.25) is 0 Å². The highest BCUT2D eigenvalue weighted by Gasteiger charge is 2.10. The number of hydrogen-bond donors (Lipinski definition) is 1. The van der Waals surface area contributed by atoms with Crippen molar-refractivity contribution in [3.63, 3.8) is 0 Å². The van der Waals surface area contributed by atoms with Crippen LogP contribution < -0.4 is 15.2 Å². The molecule has 0 heterocycles. The van der Waals surface area contributed by atoms with Crippen LogP contribution in [0.3, 0.4) is 0 Å². The highest BCUT2D eigenvalue weighted by Crippen LogP contribution is 2.38. The fourth-order valence-electron chi connectivity index (χ4n) is 1.57. The zero-order valence-electron chi connectivity index (χ0n) is 10.3. The van der Waals surface area contributed by atoms with Gasteiger partial charge in [0.1, 0.15) is 11.5 Å². The van der Waals surface area contributed by atoms with Gasteiger partial charge in [-0.1, -0.05) is 23.2 Å². The van der Waals surface area contributed by atoms with Gasteiger partial charge >= 0.3 is 0 Å². The number of halogens is 2. The Labute approximate surface area is 121 Å². The lowest BCUT2D eigenvalue weighted by atomic mass is 10.3. The molecule has 0 unspecified atom stereocenters. The van der Waals surface area contributed by atoms with Crippen LogP contribution in [0.15, 0.2) is 36.4 Å². The predicted octanol–water partition coefficient (Wildman–Crippen LogP) is 4.77. The molecule has 2 aromatic rings. The summed E-state index contributed by atoms with van der Waals surface area (Å²) in [7, 11) is 0. The lowest BCUT2D eigenvalue weighted by Gasteiger charge is -2.11. The fraction of sp³-hybridized carbons (Fsp3) is 0.143. The van der Waals surface area contributed by atoms with Crippen LogP contribution >= 0.6 is 23.2 Å². The summed E-state index contributed by atoms with van der Waals surface area (Å²) in [6, 6.07) is 10.4. The minimum absolute atomic E-state index is 0.374. The monoisotopic (exact) mass is 297 g/mol. The van der Waals surface area contributed by atoms with Crippen LogP contribution in [0.25, 0.3) is 0 Å². The number of anilines is 1. The van der Waals surface area contributed by atoms with Crippen molar-refractivity contribution in [1.82, 2.24) is 0 Å². The first-order valence-electron chi connectivity index (χ1n) is 5.75. The topological polar surface area (TPSA) is 44.5 Å². The maximum atomic E-state index is 6.05. The van der Waals surface area contributed by atoms with Gasteiger partial charge in [-0.15, -0.1) is 0 Å². The molecule has 0 aliphatic rings. The standard InChI is InChI=1S/C14H13Cl2NO2/c1-2-18-10-3-5-11(6-4-10)19-14-12(15)7-9(17)8-13(14)16/h3-8H,2,17H2,1H3. The number of ether oxygens (including phenoxy) is 2. The van der Waals surface area contributed by atoms with Crippen LogP contribution in [0, 0.1) is 0 Å². The van der Waals surface area contributed by atoms with Crippen LogP contribution in [0.5, 0.6) is 17.2 Å². The van der Waals surface area contributed by atoms with E-state index < -0.39 is 0 Å². The molecule has 0 saturated carbocycles. The van der Waals surface area contributed by atoms with Gasteiger partial charge < -0.3 is 15.2 Å². The third-order valence-corrected chi connectivity index (χ3v) is 2.94. The minimum Gasteiger partial charge on any atom is -0.494 e. The molecule has 0 atom stereocenters. The Morgan fingerprint density at radius 3 is 2.05 bits per heavy atom. The van der Waals surface area contributed by atoms with Crippen molar-refractivity contribution >= 4 is 28.9 Å². The lowest BCUT2D eigenvalue weighted by Crippen LogP contribution is -1.92. The Kier molecular flexibility index (Phi) is 4.40. The molecule has 2 N–H and O–H groups in total. The van der Waals surface area contributed by atoms with Gasteiger partial charge in [0.05, 0.1) is 16.7 Å². The van der Waals surface area contributed by atoms with E-state index in [1.54, 1.807) is 24.3 Å². The Morgan fingerprint density at radius 1 is 1.00 bits per heavy atom. The van der Waals surface area contributed by atoms with Crippen molar-refractivity contribution in [1.29, 1.82) is 0 Å². The Bertz CT molecular complexity index is 547. The van der Waals surface area contributed by atoms with Gasteiger partial charge in [0.15, 0.2) is 5.75 Å². The van der Waals surface area contributed by atoms with E-state index in [2.05, 4.69) is 0 Å².